The van der Waals surface area contributed by atoms with E-state index in [1.54, 1.807) is 0 Å². The molecule has 0 fully saturated rings. The maximum atomic E-state index is 10.7. The van der Waals surface area contributed by atoms with Crippen LogP contribution in [0.4, 0.5) is 0 Å². The molecule has 0 amide bonds. The van der Waals surface area contributed by atoms with Gasteiger partial charge in [-0.25, -0.2) is 0 Å². The Morgan fingerprint density at radius 3 is 2.06 bits per heavy atom. The van der Waals surface area contributed by atoms with Gasteiger partial charge in [0.2, 0.25) is 0 Å². The van der Waals surface area contributed by atoms with Crippen LogP contribution >= 0.6 is 0 Å². The van der Waals surface area contributed by atoms with E-state index < -0.39 is 0 Å². The highest BCUT2D eigenvalue weighted by atomic mass is 16.1. The van der Waals surface area contributed by atoms with E-state index in [4.69, 9.17) is 0 Å². The normalized spacial score (nSPS) is 10.1. The van der Waals surface area contributed by atoms with Crippen LogP contribution in [-0.4, -0.2) is 6.29 Å². The van der Waals surface area contributed by atoms with Crippen molar-refractivity contribution in [2.45, 2.75) is 13.8 Å². The Kier molecular flexibility index (Phi) is 2.86. The molecule has 0 heterocycles. The lowest BCUT2D eigenvalue weighted by Gasteiger charge is -2.05. The molecule has 80 valence electrons. The zero-order valence-corrected chi connectivity index (χ0v) is 9.53. The number of hydrogen-bond acceptors (Lipinski definition) is 1. The van der Waals surface area contributed by atoms with Gasteiger partial charge in [0.1, 0.15) is 6.29 Å². The van der Waals surface area contributed by atoms with Crippen LogP contribution < -0.4 is 0 Å². The quantitative estimate of drug-likeness (QED) is 0.689. The fraction of sp³-hybridized carbons (Fsp3) is 0.133. The molecule has 0 atom stereocenters. The van der Waals surface area contributed by atoms with Crippen LogP contribution in [0.1, 0.15) is 21.5 Å². The van der Waals surface area contributed by atoms with Crippen molar-refractivity contribution < 1.29 is 4.79 Å². The minimum Gasteiger partial charge on any atom is -0.298 e. The second-order valence-corrected chi connectivity index (χ2v) is 4.06. The van der Waals surface area contributed by atoms with Crippen LogP contribution in [0.3, 0.4) is 0 Å². The summed E-state index contributed by atoms with van der Waals surface area (Å²) < 4.78 is 0. The van der Waals surface area contributed by atoms with Gasteiger partial charge in [-0.2, -0.15) is 0 Å². The summed E-state index contributed by atoms with van der Waals surface area (Å²) in [6.07, 6.45) is 0.897. The minimum atomic E-state index is 0.760. The molecule has 0 aliphatic carbocycles. The van der Waals surface area contributed by atoms with E-state index >= 15 is 0 Å². The molecule has 0 aliphatic rings. The molecule has 2 aromatic carbocycles. The summed E-state index contributed by atoms with van der Waals surface area (Å²) in [5, 5.41) is 0. The van der Waals surface area contributed by atoms with Gasteiger partial charge >= 0.3 is 0 Å². The van der Waals surface area contributed by atoms with Crippen molar-refractivity contribution in [2.24, 2.45) is 0 Å². The summed E-state index contributed by atoms with van der Waals surface area (Å²) in [7, 11) is 0. The van der Waals surface area contributed by atoms with Gasteiger partial charge in [0.05, 0.1) is 0 Å². The second kappa shape index (κ2) is 4.31. The first kappa shape index (κ1) is 10.6. The van der Waals surface area contributed by atoms with E-state index in [0.717, 1.165) is 23.0 Å². The number of rotatable bonds is 2. The summed E-state index contributed by atoms with van der Waals surface area (Å²) in [6.45, 7) is 4.03. The third-order valence-electron chi connectivity index (χ3n) is 2.78. The highest BCUT2D eigenvalue weighted by Gasteiger charge is 2.01. The zero-order valence-electron chi connectivity index (χ0n) is 9.53. The van der Waals surface area contributed by atoms with Gasteiger partial charge in [0.25, 0.3) is 0 Å². The summed E-state index contributed by atoms with van der Waals surface area (Å²) in [6, 6.07) is 14.3. The van der Waals surface area contributed by atoms with Crippen LogP contribution in [0.25, 0.3) is 11.1 Å². The SMILES string of the molecule is Cc1ccc(-c2ccc(C=O)c(C)c2)cc1. The third-order valence-corrected chi connectivity index (χ3v) is 2.78. The van der Waals surface area contributed by atoms with Crippen molar-refractivity contribution in [3.05, 3.63) is 59.2 Å². The maximum Gasteiger partial charge on any atom is 0.150 e. The third kappa shape index (κ3) is 2.03. The monoisotopic (exact) mass is 210 g/mol. The lowest BCUT2D eigenvalue weighted by Crippen LogP contribution is -1.87. The zero-order chi connectivity index (χ0) is 11.5. The highest BCUT2D eigenvalue weighted by molar-refractivity contribution is 5.79. The van der Waals surface area contributed by atoms with E-state index in [9.17, 15) is 4.79 Å². The second-order valence-electron chi connectivity index (χ2n) is 4.06. The molecule has 16 heavy (non-hydrogen) atoms. The van der Waals surface area contributed by atoms with Gasteiger partial charge in [0, 0.05) is 5.56 Å². The fourth-order valence-corrected chi connectivity index (χ4v) is 1.73. The molecule has 0 spiro atoms. The smallest absolute Gasteiger partial charge is 0.150 e. The summed E-state index contributed by atoms with van der Waals surface area (Å²) in [5.41, 5.74) is 5.38. The van der Waals surface area contributed by atoms with Gasteiger partial charge in [-0.05, 0) is 30.5 Å². The van der Waals surface area contributed by atoms with Gasteiger partial charge in [-0.1, -0.05) is 48.0 Å². The standard InChI is InChI=1S/C15H14O/c1-11-3-5-13(6-4-11)14-7-8-15(10-16)12(2)9-14/h3-10H,1-2H3. The molecular weight excluding hydrogens is 196 g/mol. The summed E-state index contributed by atoms with van der Waals surface area (Å²) >= 11 is 0. The Balaban J connectivity index is 2.45. The van der Waals surface area contributed by atoms with Gasteiger partial charge in [-0.15, -0.1) is 0 Å². The Morgan fingerprint density at radius 2 is 1.50 bits per heavy atom. The highest BCUT2D eigenvalue weighted by Crippen LogP contribution is 2.22. The molecule has 2 rings (SSSR count). The van der Waals surface area contributed by atoms with Crippen molar-refractivity contribution in [3.63, 3.8) is 0 Å². The van der Waals surface area contributed by atoms with Crippen molar-refractivity contribution in [1.29, 1.82) is 0 Å². The average molecular weight is 210 g/mol. The van der Waals surface area contributed by atoms with E-state index in [1.165, 1.54) is 11.1 Å². The largest absolute Gasteiger partial charge is 0.298 e. The van der Waals surface area contributed by atoms with E-state index in [2.05, 4.69) is 37.3 Å². The lowest BCUT2D eigenvalue weighted by atomic mass is 10.00. The van der Waals surface area contributed by atoms with Gasteiger partial charge in [0.15, 0.2) is 0 Å². The van der Waals surface area contributed by atoms with Crippen molar-refractivity contribution in [2.75, 3.05) is 0 Å². The Bertz CT molecular complexity index is 509. The molecule has 0 saturated heterocycles. The fourth-order valence-electron chi connectivity index (χ4n) is 1.73. The van der Waals surface area contributed by atoms with Crippen LogP contribution in [0.2, 0.25) is 0 Å². The average Bonchev–Trinajstić information content (AvgIpc) is 2.30. The van der Waals surface area contributed by atoms with Crippen LogP contribution in [0.15, 0.2) is 42.5 Å². The van der Waals surface area contributed by atoms with Crippen LogP contribution in [0, 0.1) is 13.8 Å². The number of benzene rings is 2. The molecule has 0 unspecified atom stereocenters. The molecule has 0 aromatic heterocycles. The molecule has 0 radical (unpaired) electrons. The topological polar surface area (TPSA) is 17.1 Å². The minimum absolute atomic E-state index is 0.760. The van der Waals surface area contributed by atoms with Crippen LogP contribution in [-0.2, 0) is 0 Å². The number of aryl methyl sites for hydroxylation is 2. The predicted molar refractivity (Wildman–Crippen MR) is 66.7 cm³/mol. The van der Waals surface area contributed by atoms with Crippen molar-refractivity contribution in [3.8, 4) is 11.1 Å². The Hall–Kier alpha value is -1.89. The predicted octanol–water partition coefficient (Wildman–Crippen LogP) is 3.78. The molecular formula is C15H14O. The van der Waals surface area contributed by atoms with Gasteiger partial charge < -0.3 is 0 Å². The molecule has 0 aliphatic heterocycles. The Labute approximate surface area is 95.7 Å². The number of aldehydes is 1. The van der Waals surface area contributed by atoms with E-state index in [0.29, 0.717) is 0 Å². The molecule has 0 N–H and O–H groups in total. The molecule has 0 bridgehead atoms. The van der Waals surface area contributed by atoms with Crippen LogP contribution in [0.5, 0.6) is 0 Å². The maximum absolute atomic E-state index is 10.7. The van der Waals surface area contributed by atoms with Gasteiger partial charge in [-0.3, -0.25) is 4.79 Å². The number of hydrogen-bond donors (Lipinski definition) is 0. The van der Waals surface area contributed by atoms with E-state index in [-0.39, 0.29) is 0 Å². The summed E-state index contributed by atoms with van der Waals surface area (Å²) in [4.78, 5) is 10.7. The first-order valence-corrected chi connectivity index (χ1v) is 5.33. The molecule has 1 heteroatoms. The van der Waals surface area contributed by atoms with E-state index in [1.807, 2.05) is 19.1 Å². The number of carbonyl (C=O) groups excluding carboxylic acids is 1. The molecule has 1 nitrogen and oxygen atoms in total. The molecule has 2 aromatic rings. The number of carbonyl (C=O) groups is 1. The lowest BCUT2D eigenvalue weighted by molar-refractivity contribution is 0.112. The summed E-state index contributed by atoms with van der Waals surface area (Å²) in [5.74, 6) is 0. The first-order valence-electron chi connectivity index (χ1n) is 5.33. The Morgan fingerprint density at radius 1 is 0.875 bits per heavy atom. The molecule has 0 saturated carbocycles. The van der Waals surface area contributed by atoms with Crippen molar-refractivity contribution >= 4 is 6.29 Å². The first-order chi connectivity index (χ1) is 7.70. The van der Waals surface area contributed by atoms with Crippen molar-refractivity contribution in [1.82, 2.24) is 0 Å².